The number of carbonyl (C=O) groups is 3. The Morgan fingerprint density at radius 2 is 0.651 bits per heavy atom. The van der Waals surface area contributed by atoms with Crippen molar-refractivity contribution in [3.8, 4) is 0 Å². The van der Waals surface area contributed by atoms with Crippen molar-refractivity contribution in [1.29, 1.82) is 0 Å². The maximum atomic E-state index is 12.7. The minimum atomic E-state index is -0.779. The lowest BCUT2D eigenvalue weighted by atomic mass is 10.1. The van der Waals surface area contributed by atoms with Crippen LogP contribution in [0.25, 0.3) is 0 Å². The van der Waals surface area contributed by atoms with Gasteiger partial charge < -0.3 is 14.2 Å². The molecule has 0 saturated heterocycles. The van der Waals surface area contributed by atoms with E-state index in [1.54, 1.807) is 0 Å². The first-order valence-corrected chi connectivity index (χ1v) is 26.1. The molecular weight excluding hydrogens is 781 g/mol. The highest BCUT2D eigenvalue weighted by molar-refractivity contribution is 5.71. The monoisotopic (exact) mass is 877 g/mol. The van der Waals surface area contributed by atoms with Crippen LogP contribution in [0.15, 0.2) is 85.1 Å². The molecule has 0 aromatic rings. The molecule has 6 nitrogen and oxygen atoms in total. The molecule has 0 rings (SSSR count). The van der Waals surface area contributed by atoms with Crippen LogP contribution in [0.5, 0.6) is 0 Å². The molecule has 360 valence electrons. The second-order valence-electron chi connectivity index (χ2n) is 17.1. The molecular formula is C57H96O6. The minimum Gasteiger partial charge on any atom is -0.462 e. The first-order chi connectivity index (χ1) is 31.0. The van der Waals surface area contributed by atoms with Gasteiger partial charge in [0.1, 0.15) is 13.2 Å². The second-order valence-corrected chi connectivity index (χ2v) is 17.1. The molecule has 0 aliphatic heterocycles. The molecule has 0 spiro atoms. The molecule has 0 N–H and O–H groups in total. The molecule has 0 saturated carbocycles. The summed E-state index contributed by atoms with van der Waals surface area (Å²) in [6, 6.07) is 0. The van der Waals surface area contributed by atoms with Gasteiger partial charge in [0.15, 0.2) is 6.10 Å². The topological polar surface area (TPSA) is 78.9 Å². The van der Waals surface area contributed by atoms with Gasteiger partial charge in [-0.25, -0.2) is 0 Å². The third-order valence-corrected chi connectivity index (χ3v) is 10.9. The van der Waals surface area contributed by atoms with Gasteiger partial charge in [-0.3, -0.25) is 14.4 Å². The minimum absolute atomic E-state index is 0.0815. The summed E-state index contributed by atoms with van der Waals surface area (Å²) in [5, 5.41) is 0. The SMILES string of the molecule is CC/C=C\C/C=C\C/C=C\C/C=C\C/C=C\C/C=C\CCCCCCCCCCC(=O)OCC(COC(=O)CCCCCCCCCC)OC(=O)CCCCCCC/C=C\CCC. The van der Waals surface area contributed by atoms with Gasteiger partial charge in [-0.15, -0.1) is 0 Å². The maximum Gasteiger partial charge on any atom is 0.306 e. The molecule has 1 unspecified atom stereocenters. The number of ether oxygens (including phenoxy) is 3. The number of carbonyl (C=O) groups excluding carboxylic acids is 3. The summed E-state index contributed by atoms with van der Waals surface area (Å²) in [6.07, 6.45) is 65.9. The number of esters is 3. The Labute approximate surface area is 388 Å². The van der Waals surface area contributed by atoms with E-state index in [4.69, 9.17) is 14.2 Å². The van der Waals surface area contributed by atoms with Crippen LogP contribution in [-0.4, -0.2) is 37.2 Å². The number of hydrogen-bond donors (Lipinski definition) is 0. The highest BCUT2D eigenvalue weighted by Gasteiger charge is 2.19. The van der Waals surface area contributed by atoms with Gasteiger partial charge >= 0.3 is 17.9 Å². The number of hydrogen-bond acceptors (Lipinski definition) is 6. The fourth-order valence-corrected chi connectivity index (χ4v) is 6.98. The smallest absolute Gasteiger partial charge is 0.306 e. The molecule has 0 aliphatic rings. The summed E-state index contributed by atoms with van der Waals surface area (Å²) in [5.74, 6) is -0.908. The Kier molecular flexibility index (Phi) is 48.5. The molecule has 0 amide bonds. The lowest BCUT2D eigenvalue weighted by Crippen LogP contribution is -2.30. The first-order valence-electron chi connectivity index (χ1n) is 26.1. The van der Waals surface area contributed by atoms with Crippen molar-refractivity contribution in [2.45, 2.75) is 245 Å². The predicted molar refractivity (Wildman–Crippen MR) is 270 cm³/mol. The van der Waals surface area contributed by atoms with Crippen LogP contribution in [-0.2, 0) is 28.6 Å². The van der Waals surface area contributed by atoms with Gasteiger partial charge in [-0.05, 0) is 89.9 Å². The fraction of sp³-hybridized carbons (Fsp3) is 0.702. The molecule has 0 fully saturated rings. The Morgan fingerprint density at radius 1 is 0.333 bits per heavy atom. The number of rotatable bonds is 46. The van der Waals surface area contributed by atoms with Crippen molar-refractivity contribution in [3.63, 3.8) is 0 Å². The predicted octanol–water partition coefficient (Wildman–Crippen LogP) is 17.2. The molecule has 1 atom stereocenters. The zero-order chi connectivity index (χ0) is 45.8. The zero-order valence-corrected chi connectivity index (χ0v) is 41.1. The van der Waals surface area contributed by atoms with Crippen molar-refractivity contribution in [2.24, 2.45) is 0 Å². The summed E-state index contributed by atoms with van der Waals surface area (Å²) in [7, 11) is 0. The van der Waals surface area contributed by atoms with Crippen LogP contribution in [0, 0.1) is 0 Å². The Hall–Kier alpha value is -3.41. The lowest BCUT2D eigenvalue weighted by Gasteiger charge is -2.18. The van der Waals surface area contributed by atoms with Crippen molar-refractivity contribution >= 4 is 17.9 Å². The average molecular weight is 877 g/mol. The summed E-state index contributed by atoms with van der Waals surface area (Å²) >= 11 is 0. The molecule has 0 radical (unpaired) electrons. The highest BCUT2D eigenvalue weighted by atomic mass is 16.6. The molecule has 0 bridgehead atoms. The summed E-state index contributed by atoms with van der Waals surface area (Å²) in [4.78, 5) is 37.7. The molecule has 0 aliphatic carbocycles. The van der Waals surface area contributed by atoms with Gasteiger partial charge in [0.2, 0.25) is 0 Å². The summed E-state index contributed by atoms with van der Waals surface area (Å²) < 4.78 is 16.7. The van der Waals surface area contributed by atoms with Crippen LogP contribution in [0.2, 0.25) is 0 Å². The molecule has 0 aromatic heterocycles. The zero-order valence-electron chi connectivity index (χ0n) is 41.1. The average Bonchev–Trinajstić information content (AvgIpc) is 3.28. The maximum absolute atomic E-state index is 12.7. The molecule has 0 aromatic carbocycles. The molecule has 0 heterocycles. The van der Waals surface area contributed by atoms with E-state index in [9.17, 15) is 14.4 Å². The third-order valence-electron chi connectivity index (χ3n) is 10.9. The van der Waals surface area contributed by atoms with Gasteiger partial charge in [0.25, 0.3) is 0 Å². The second kappa shape index (κ2) is 51.2. The number of allylic oxidation sites excluding steroid dienone is 14. The van der Waals surface area contributed by atoms with Gasteiger partial charge in [-0.1, -0.05) is 215 Å². The highest BCUT2D eigenvalue weighted by Crippen LogP contribution is 2.14. The van der Waals surface area contributed by atoms with Gasteiger partial charge in [-0.2, -0.15) is 0 Å². The van der Waals surface area contributed by atoms with Crippen molar-refractivity contribution < 1.29 is 28.6 Å². The van der Waals surface area contributed by atoms with E-state index in [1.807, 2.05) is 0 Å². The van der Waals surface area contributed by atoms with Gasteiger partial charge in [0, 0.05) is 19.3 Å². The van der Waals surface area contributed by atoms with Crippen molar-refractivity contribution in [2.75, 3.05) is 13.2 Å². The van der Waals surface area contributed by atoms with Crippen LogP contribution in [0.1, 0.15) is 239 Å². The summed E-state index contributed by atoms with van der Waals surface area (Å²) in [5.41, 5.74) is 0. The Bertz CT molecular complexity index is 1240. The standard InChI is InChI=1S/C57H96O6/c1-4-7-10-13-16-19-21-22-23-24-25-26-27-28-29-30-31-32-33-34-35-36-37-39-41-44-47-50-56(59)62-53-54(52-61-55(58)49-46-43-40-18-15-12-9-6-3)63-57(60)51-48-45-42-38-20-17-14-11-8-5-2/h7,10-11,14,16,19,22-23,25-26,28-29,31-32,54H,4-6,8-9,12-13,15,17-18,20-21,24,27,30,33-53H2,1-3H3/b10-7-,14-11-,19-16-,23-22-,26-25-,29-28-,32-31-. The first kappa shape index (κ1) is 59.6. The quantitative estimate of drug-likeness (QED) is 0.0262. The van der Waals surface area contributed by atoms with E-state index < -0.39 is 6.10 Å². The third kappa shape index (κ3) is 49.5. The fourth-order valence-electron chi connectivity index (χ4n) is 6.98. The van der Waals surface area contributed by atoms with E-state index in [1.165, 1.54) is 77.0 Å². The largest absolute Gasteiger partial charge is 0.462 e. The van der Waals surface area contributed by atoms with Gasteiger partial charge in [0.05, 0.1) is 0 Å². The van der Waals surface area contributed by atoms with Crippen LogP contribution in [0.4, 0.5) is 0 Å². The Morgan fingerprint density at radius 3 is 1.05 bits per heavy atom. The summed E-state index contributed by atoms with van der Waals surface area (Å²) in [6.45, 7) is 6.41. The van der Waals surface area contributed by atoms with Crippen LogP contribution < -0.4 is 0 Å². The lowest BCUT2D eigenvalue weighted by molar-refractivity contribution is -0.167. The van der Waals surface area contributed by atoms with E-state index >= 15 is 0 Å². The van der Waals surface area contributed by atoms with E-state index in [0.717, 1.165) is 122 Å². The van der Waals surface area contributed by atoms with E-state index in [0.29, 0.717) is 19.3 Å². The van der Waals surface area contributed by atoms with Crippen molar-refractivity contribution in [1.82, 2.24) is 0 Å². The molecule has 6 heteroatoms. The van der Waals surface area contributed by atoms with E-state index in [-0.39, 0.29) is 31.1 Å². The van der Waals surface area contributed by atoms with Crippen LogP contribution >= 0.6 is 0 Å². The van der Waals surface area contributed by atoms with E-state index in [2.05, 4.69) is 106 Å². The molecule has 63 heavy (non-hydrogen) atoms. The van der Waals surface area contributed by atoms with Crippen LogP contribution in [0.3, 0.4) is 0 Å². The normalized spacial score (nSPS) is 12.7. The van der Waals surface area contributed by atoms with Crippen molar-refractivity contribution in [3.05, 3.63) is 85.1 Å². The number of unbranched alkanes of at least 4 members (excludes halogenated alkanes) is 21. The Balaban J connectivity index is 4.17.